The van der Waals surface area contributed by atoms with Gasteiger partial charge in [-0.25, -0.2) is 23.5 Å². The summed E-state index contributed by atoms with van der Waals surface area (Å²) in [5.41, 5.74) is 3.23. The van der Waals surface area contributed by atoms with Crippen molar-refractivity contribution in [2.75, 3.05) is 60.5 Å². The van der Waals surface area contributed by atoms with E-state index in [-0.39, 0.29) is 18.0 Å². The molecule has 1 fully saturated rings. The molecule has 1 amide bonds. The summed E-state index contributed by atoms with van der Waals surface area (Å²) >= 11 is 0. The predicted octanol–water partition coefficient (Wildman–Crippen LogP) is 4.46. The fraction of sp³-hybridized carbons (Fsp3) is 0.333. The van der Waals surface area contributed by atoms with Crippen molar-refractivity contribution in [2.45, 2.75) is 6.54 Å². The quantitative estimate of drug-likeness (QED) is 0.311. The third kappa shape index (κ3) is 6.82. The summed E-state index contributed by atoms with van der Waals surface area (Å²) in [5, 5.41) is 0. The number of halogens is 2. The molecule has 0 radical (unpaired) electrons. The number of para-hydroxylation sites is 1. The lowest BCUT2D eigenvalue weighted by Crippen LogP contribution is -2.36. The van der Waals surface area contributed by atoms with Crippen LogP contribution < -0.4 is 4.74 Å². The van der Waals surface area contributed by atoms with Gasteiger partial charge in [0.25, 0.3) is 0 Å². The maximum atomic E-state index is 15.2. The Morgan fingerprint density at radius 1 is 0.976 bits per heavy atom. The van der Waals surface area contributed by atoms with Gasteiger partial charge in [-0.15, -0.1) is 0 Å². The topological polar surface area (TPSA) is 83.9 Å². The maximum absolute atomic E-state index is 15.2. The Hall–Kier alpha value is -4.06. The van der Waals surface area contributed by atoms with Crippen LogP contribution in [0.3, 0.4) is 0 Å². The monoisotopic (exact) mass is 562 g/mol. The lowest BCUT2D eigenvalue weighted by Gasteiger charge is -2.27. The van der Waals surface area contributed by atoms with E-state index in [0.717, 1.165) is 0 Å². The van der Waals surface area contributed by atoms with E-state index >= 15 is 8.78 Å². The number of hydrogen-bond donors (Lipinski definition) is 0. The first kappa shape index (κ1) is 28.5. The SMILES string of the molecule is CN(C)CCN(C)C(=O)Oc1ccc(-c2cnc3cccc(-c4cc(F)c(CN5CCOCC5)c(F)c4)c3n2)cn1. The van der Waals surface area contributed by atoms with Gasteiger partial charge in [-0.05, 0) is 43.9 Å². The van der Waals surface area contributed by atoms with E-state index in [1.165, 1.54) is 17.0 Å². The molecule has 0 atom stereocenters. The number of hydrogen-bond acceptors (Lipinski definition) is 8. The number of morpholine rings is 1. The van der Waals surface area contributed by atoms with E-state index in [1.807, 2.05) is 23.9 Å². The molecule has 4 aromatic rings. The van der Waals surface area contributed by atoms with Gasteiger partial charge < -0.3 is 19.3 Å². The number of amides is 1. The molecule has 2 aromatic heterocycles. The molecule has 214 valence electrons. The van der Waals surface area contributed by atoms with Crippen molar-refractivity contribution < 1.29 is 23.0 Å². The number of benzene rings is 2. The zero-order valence-corrected chi connectivity index (χ0v) is 23.3. The Kier molecular flexibility index (Phi) is 8.77. The smallest absolute Gasteiger partial charge is 0.391 e. The molecule has 0 spiro atoms. The fourth-order valence-corrected chi connectivity index (χ4v) is 4.50. The minimum atomic E-state index is -0.602. The van der Waals surface area contributed by atoms with Gasteiger partial charge in [0.2, 0.25) is 5.88 Å². The highest BCUT2D eigenvalue weighted by Crippen LogP contribution is 2.31. The number of carbonyl (C=O) groups excluding carboxylic acids is 1. The van der Waals surface area contributed by atoms with Crippen LogP contribution in [0.15, 0.2) is 54.9 Å². The molecule has 2 aromatic carbocycles. The molecular formula is C30H32F2N6O3. The molecule has 1 aliphatic rings. The molecule has 3 heterocycles. The molecule has 11 heteroatoms. The van der Waals surface area contributed by atoms with Crippen LogP contribution in [0.4, 0.5) is 13.6 Å². The predicted molar refractivity (Wildman–Crippen MR) is 151 cm³/mol. The number of pyridine rings is 1. The van der Waals surface area contributed by atoms with Gasteiger partial charge in [-0.3, -0.25) is 9.88 Å². The number of rotatable bonds is 8. The van der Waals surface area contributed by atoms with E-state index < -0.39 is 17.7 Å². The third-order valence-corrected chi connectivity index (χ3v) is 6.93. The third-order valence-electron chi connectivity index (χ3n) is 6.93. The van der Waals surface area contributed by atoms with Crippen molar-refractivity contribution in [3.63, 3.8) is 0 Å². The van der Waals surface area contributed by atoms with Crippen molar-refractivity contribution >= 4 is 17.1 Å². The second-order valence-corrected chi connectivity index (χ2v) is 10.2. The number of ether oxygens (including phenoxy) is 2. The largest absolute Gasteiger partial charge is 0.416 e. The van der Waals surface area contributed by atoms with Crippen molar-refractivity contribution in [2.24, 2.45) is 0 Å². The lowest BCUT2D eigenvalue weighted by atomic mass is 10.0. The van der Waals surface area contributed by atoms with Crippen LogP contribution in [-0.2, 0) is 11.3 Å². The summed E-state index contributed by atoms with van der Waals surface area (Å²) in [6.07, 6.45) is 2.65. The van der Waals surface area contributed by atoms with Crippen molar-refractivity contribution in [3.8, 4) is 28.3 Å². The molecule has 1 saturated heterocycles. The molecule has 41 heavy (non-hydrogen) atoms. The van der Waals surface area contributed by atoms with Gasteiger partial charge in [0, 0.05) is 68.7 Å². The lowest BCUT2D eigenvalue weighted by molar-refractivity contribution is 0.0332. The Morgan fingerprint density at radius 3 is 2.41 bits per heavy atom. The van der Waals surface area contributed by atoms with Gasteiger partial charge in [-0.1, -0.05) is 12.1 Å². The first-order chi connectivity index (χ1) is 19.8. The number of likely N-dealkylation sites (N-methyl/N-ethyl adjacent to an activating group) is 2. The molecule has 0 saturated carbocycles. The Morgan fingerprint density at radius 2 is 1.73 bits per heavy atom. The molecular weight excluding hydrogens is 530 g/mol. The second kappa shape index (κ2) is 12.6. The van der Waals surface area contributed by atoms with Crippen molar-refractivity contribution in [1.82, 2.24) is 29.7 Å². The summed E-state index contributed by atoms with van der Waals surface area (Å²) in [6, 6.07) is 11.4. The highest BCUT2D eigenvalue weighted by Gasteiger charge is 2.19. The van der Waals surface area contributed by atoms with Crippen LogP contribution in [0.2, 0.25) is 0 Å². The summed E-state index contributed by atoms with van der Waals surface area (Å²) in [7, 11) is 5.52. The van der Waals surface area contributed by atoms with Crippen LogP contribution in [0.25, 0.3) is 33.4 Å². The number of fused-ring (bicyclic) bond motifs is 1. The summed E-state index contributed by atoms with van der Waals surface area (Å²) in [5.74, 6) is -1.04. The van der Waals surface area contributed by atoms with Gasteiger partial charge in [0.05, 0.1) is 36.1 Å². The van der Waals surface area contributed by atoms with Gasteiger partial charge in [0.15, 0.2) is 0 Å². The zero-order chi connectivity index (χ0) is 28.9. The Balaban J connectivity index is 1.38. The second-order valence-electron chi connectivity index (χ2n) is 10.2. The minimum Gasteiger partial charge on any atom is -0.391 e. The van der Waals surface area contributed by atoms with Crippen LogP contribution in [0.1, 0.15) is 5.56 Å². The molecule has 9 nitrogen and oxygen atoms in total. The van der Waals surface area contributed by atoms with Gasteiger partial charge in [-0.2, -0.15) is 0 Å². The van der Waals surface area contributed by atoms with E-state index in [9.17, 15) is 4.79 Å². The van der Waals surface area contributed by atoms with Crippen LogP contribution in [0.5, 0.6) is 5.88 Å². The number of nitrogens with zero attached hydrogens (tertiary/aromatic N) is 6. The van der Waals surface area contributed by atoms with E-state index in [0.29, 0.717) is 72.8 Å². The number of carbonyl (C=O) groups is 1. The van der Waals surface area contributed by atoms with Gasteiger partial charge in [0.1, 0.15) is 11.6 Å². The zero-order valence-electron chi connectivity index (χ0n) is 23.3. The first-order valence-corrected chi connectivity index (χ1v) is 13.4. The van der Waals surface area contributed by atoms with E-state index in [2.05, 4.69) is 9.97 Å². The molecule has 1 aliphatic heterocycles. The maximum Gasteiger partial charge on any atom is 0.416 e. The Labute approximate surface area is 237 Å². The Bertz CT molecular complexity index is 1500. The van der Waals surface area contributed by atoms with Crippen LogP contribution in [0, 0.1) is 11.6 Å². The molecule has 0 bridgehead atoms. The minimum absolute atomic E-state index is 0.0402. The fourth-order valence-electron chi connectivity index (χ4n) is 4.50. The first-order valence-electron chi connectivity index (χ1n) is 13.4. The summed E-state index contributed by atoms with van der Waals surface area (Å²) in [6.45, 7) is 3.78. The molecule has 0 N–H and O–H groups in total. The van der Waals surface area contributed by atoms with E-state index in [1.54, 1.807) is 49.8 Å². The summed E-state index contributed by atoms with van der Waals surface area (Å²) in [4.78, 5) is 31.3. The average Bonchev–Trinajstić information content (AvgIpc) is 2.98. The highest BCUT2D eigenvalue weighted by molar-refractivity contribution is 5.92. The number of aromatic nitrogens is 3. The molecule has 5 rings (SSSR count). The van der Waals surface area contributed by atoms with Gasteiger partial charge >= 0.3 is 6.09 Å². The molecule has 0 unspecified atom stereocenters. The molecule has 0 aliphatic carbocycles. The standard InChI is InChI=1S/C30H32F2N6O3/c1-36(2)9-10-37(3)30(39)41-28-8-7-20(17-34-28)27-18-33-26-6-4-5-22(29(26)35-27)21-15-24(31)23(25(32)16-21)19-38-11-13-40-14-12-38/h4-8,15-18H,9-14,19H2,1-3H3. The average molecular weight is 563 g/mol. The van der Waals surface area contributed by atoms with E-state index in [4.69, 9.17) is 14.5 Å². The van der Waals surface area contributed by atoms with Crippen molar-refractivity contribution in [1.29, 1.82) is 0 Å². The van der Waals surface area contributed by atoms with Crippen molar-refractivity contribution in [3.05, 3.63) is 72.1 Å². The van der Waals surface area contributed by atoms with Crippen LogP contribution >= 0.6 is 0 Å². The summed E-state index contributed by atoms with van der Waals surface area (Å²) < 4.78 is 41.0. The highest BCUT2D eigenvalue weighted by atomic mass is 19.1. The van der Waals surface area contributed by atoms with Crippen LogP contribution in [-0.4, -0.2) is 96.3 Å². The normalized spacial score (nSPS) is 14.0.